The van der Waals surface area contributed by atoms with Crippen LogP contribution in [0.5, 0.6) is 17.5 Å². The highest BCUT2D eigenvalue weighted by Gasteiger charge is 2.50. The number of benzene rings is 4. The molecular weight excluding hydrogens is 1230 g/mol. The van der Waals surface area contributed by atoms with E-state index in [0.717, 1.165) is 96.4 Å². The quantitative estimate of drug-likeness (QED) is 0.0811. The predicted molar refractivity (Wildman–Crippen MR) is 361 cm³/mol. The van der Waals surface area contributed by atoms with Crippen molar-refractivity contribution in [3.63, 3.8) is 0 Å². The lowest BCUT2D eigenvalue weighted by Crippen LogP contribution is -2.42. The zero-order valence-corrected chi connectivity index (χ0v) is 54.7. The molecule has 4 aliphatic carbocycles. The van der Waals surface area contributed by atoms with Gasteiger partial charge in [-0.25, -0.2) is 57.8 Å². The van der Waals surface area contributed by atoms with Crippen molar-refractivity contribution in [3.05, 3.63) is 222 Å². The normalized spacial score (nSPS) is 23.2. The molecule has 4 aromatic carbocycles. The Labute approximate surface area is 563 Å². The van der Waals surface area contributed by atoms with E-state index in [1.165, 1.54) is 62.3 Å². The maximum absolute atomic E-state index is 13.9. The topological polar surface area (TPSA) is 214 Å². The molecule has 7 heterocycles. The van der Waals surface area contributed by atoms with Crippen LogP contribution in [0.4, 0.5) is 13.2 Å². The number of carbonyl (C=O) groups excluding carboxylic acids is 2. The van der Waals surface area contributed by atoms with Gasteiger partial charge in [-0.15, -0.1) is 0 Å². The minimum absolute atomic E-state index is 0.00910. The average Bonchev–Trinajstić information content (AvgIpc) is 1.70. The largest absolute Gasteiger partial charge is 0.493 e. The Kier molecular flexibility index (Phi) is 21.9. The molecule has 4 saturated carbocycles. The lowest BCUT2D eigenvalue weighted by molar-refractivity contribution is 0.0648. The maximum Gasteiger partial charge on any atom is 0.336 e. The Hall–Kier alpha value is -9.62. The number of nitrogens with zero attached hydrogens (tertiary/aromatic N) is 8. The van der Waals surface area contributed by atoms with Gasteiger partial charge in [-0.05, 0) is 206 Å². The third kappa shape index (κ3) is 16.6. The predicted octanol–water partition coefficient (Wildman–Crippen LogP) is 15.5. The van der Waals surface area contributed by atoms with Crippen LogP contribution in [-0.2, 0) is 0 Å². The van der Waals surface area contributed by atoms with Gasteiger partial charge < -0.3 is 24.6 Å². The molecule has 5 aromatic heterocycles. The molecule has 9 aromatic rings. The summed E-state index contributed by atoms with van der Waals surface area (Å²) in [6.07, 6.45) is 25.9. The second kappa shape index (κ2) is 31.5. The number of aromatic carboxylic acids is 1. The fraction of sp³-hybridized carbons (Fsp3) is 0.372. The van der Waals surface area contributed by atoms with Gasteiger partial charge in [-0.3, -0.25) is 9.59 Å². The van der Waals surface area contributed by atoms with Crippen LogP contribution in [0.1, 0.15) is 125 Å². The summed E-state index contributed by atoms with van der Waals surface area (Å²) in [7, 11) is 0. The van der Waals surface area contributed by atoms with E-state index in [-0.39, 0.29) is 58.3 Å². The highest BCUT2D eigenvalue weighted by atomic mass is 19.1. The number of aryl methyl sites for hydroxylation is 3. The summed E-state index contributed by atoms with van der Waals surface area (Å²) in [5, 5.41) is 12.7. The second-order valence-electron chi connectivity index (χ2n) is 26.5. The number of aromatic nitrogens is 8. The fourth-order valence-corrected chi connectivity index (χ4v) is 15.5. The monoisotopic (exact) mass is 1310 g/mol. The number of Topliss-reactive ketones (excluding diaryl/α,β-unsaturated/α-hetero) is 2. The maximum atomic E-state index is 13.9. The van der Waals surface area contributed by atoms with Crippen molar-refractivity contribution in [2.75, 3.05) is 19.8 Å². The van der Waals surface area contributed by atoms with Crippen LogP contribution in [0, 0.1) is 91.5 Å². The molecule has 2 N–H and O–H groups in total. The molecule has 15 rings (SSSR count). The number of pyridine rings is 2. The Morgan fingerprint density at radius 1 is 0.433 bits per heavy atom. The first-order valence-corrected chi connectivity index (χ1v) is 33.8. The van der Waals surface area contributed by atoms with Gasteiger partial charge in [0.15, 0.2) is 29.0 Å². The number of hydrogen-bond donors (Lipinski definition) is 2. The smallest absolute Gasteiger partial charge is 0.336 e. The second-order valence-corrected chi connectivity index (χ2v) is 26.5. The zero-order chi connectivity index (χ0) is 67.4. The molecule has 8 unspecified atom stereocenters. The number of fused-ring (bicyclic) bond motifs is 6. The standard InChI is InChI=1S/C27H27FN2O2.C26H26FN3O2.C13H17FN2O.C12H10N2O2/c1-17-3-11-23(27-29-13-2-14-30-27)24(15-17)26(31)25-18-4-5-19(22(25)12-6-18)16-32-21-9-7-20(28)8-10-21;1-16-3-8-21(26-28-11-2-12-29-26)22(13-16)25(31)24-17-4-5-18(20(24)9-6-17)15-32-23-10-7-19(27)14-30-23;14-10-2-6-13(15-7-10)17-8-9-1-3-11-4-5-12(9)16-11;1-8-3-4-9(10(7-8)12(15)16)11-13-5-2-6-14-11/h2-3,7-11,13-15,18-19,22,25H,4-6,12,16H2,1H3;2-3,7-8,10-14,17-18,20,24H,4-6,9,15H2,1H3;2,6-7,9,11-12,16H,1,3-5,8H2;2-7H,1H3,(H,15,16)/t18?,19-,22?,25?;17?,18-,20?,24?;9-,11?,12?;/m111./s1. The Bertz CT molecular complexity index is 3950. The molecule has 11 atom stereocenters. The SMILES string of the molecule is Cc1ccc(-c2ncccn2)c(C(=O)C2C3CCC2[C@@H](COc2ccc(F)cc2)CC3)c1.Cc1ccc(-c2ncccn2)c(C(=O)C2C3CCC2[C@@H](COc2ccc(F)cn2)CC3)c1.Cc1ccc(-c2ncccn2)c(C(=O)O)c1.Fc1ccc(OC[C@H]2CCC3CCC2N3)nc1. The van der Waals surface area contributed by atoms with E-state index in [2.05, 4.69) is 45.2 Å². The molecule has 2 saturated heterocycles. The molecule has 6 aliphatic rings. The molecule has 6 fully saturated rings. The molecule has 2 aliphatic heterocycles. The van der Waals surface area contributed by atoms with Crippen molar-refractivity contribution in [2.24, 2.45) is 53.3 Å². The van der Waals surface area contributed by atoms with Crippen LogP contribution >= 0.6 is 0 Å². The van der Waals surface area contributed by atoms with Crippen molar-refractivity contribution in [1.29, 1.82) is 0 Å². The van der Waals surface area contributed by atoms with E-state index in [0.29, 0.717) is 96.0 Å². The number of carboxylic acid groups (broad SMARTS) is 1. The Balaban J connectivity index is 0.000000129. The van der Waals surface area contributed by atoms with E-state index >= 15 is 0 Å². The van der Waals surface area contributed by atoms with Gasteiger partial charge in [0.1, 0.15) is 23.2 Å². The average molecular weight is 1310 g/mol. The van der Waals surface area contributed by atoms with E-state index in [4.69, 9.17) is 19.3 Å². The summed E-state index contributed by atoms with van der Waals surface area (Å²) < 4.78 is 56.5. The summed E-state index contributed by atoms with van der Waals surface area (Å²) in [5.74, 6) is 4.34. The van der Waals surface area contributed by atoms with Crippen molar-refractivity contribution in [2.45, 2.75) is 110 Å². The highest BCUT2D eigenvalue weighted by Crippen LogP contribution is 2.53. The van der Waals surface area contributed by atoms with E-state index in [1.807, 2.05) is 63.2 Å². The molecule has 500 valence electrons. The molecule has 0 amide bonds. The minimum Gasteiger partial charge on any atom is -0.493 e. The first kappa shape index (κ1) is 67.4. The van der Waals surface area contributed by atoms with Crippen molar-refractivity contribution >= 4 is 17.5 Å². The van der Waals surface area contributed by atoms with E-state index < -0.39 is 5.97 Å². The van der Waals surface area contributed by atoms with Crippen LogP contribution in [0.25, 0.3) is 34.2 Å². The number of ketones is 2. The fourth-order valence-electron chi connectivity index (χ4n) is 15.5. The van der Waals surface area contributed by atoms with Crippen LogP contribution in [0.3, 0.4) is 0 Å². The number of rotatable bonds is 17. The highest BCUT2D eigenvalue weighted by molar-refractivity contribution is 6.04. The molecule has 6 bridgehead atoms. The number of piperidine rings is 1. The van der Waals surface area contributed by atoms with Gasteiger partial charge in [-0.2, -0.15) is 0 Å². The molecule has 19 heteroatoms. The lowest BCUT2D eigenvalue weighted by atomic mass is 9.69. The minimum atomic E-state index is -0.967. The summed E-state index contributed by atoms with van der Waals surface area (Å²) in [5.41, 5.74) is 6.85. The summed E-state index contributed by atoms with van der Waals surface area (Å²) >= 11 is 0. The van der Waals surface area contributed by atoms with Crippen molar-refractivity contribution in [1.82, 2.24) is 45.2 Å². The van der Waals surface area contributed by atoms with Gasteiger partial charge in [-0.1, -0.05) is 53.1 Å². The number of halogens is 3. The summed E-state index contributed by atoms with van der Waals surface area (Å²) in [6, 6.07) is 35.7. The first-order chi connectivity index (χ1) is 47.2. The summed E-state index contributed by atoms with van der Waals surface area (Å²) in [4.78, 5) is 72.5. The number of hydrogen-bond acceptors (Lipinski definition) is 15. The number of nitrogens with one attached hydrogen (secondary N) is 1. The van der Waals surface area contributed by atoms with Crippen LogP contribution in [0.2, 0.25) is 0 Å². The molecule has 16 nitrogen and oxygen atoms in total. The Morgan fingerprint density at radius 2 is 0.825 bits per heavy atom. The van der Waals surface area contributed by atoms with E-state index in [9.17, 15) is 27.6 Å². The van der Waals surface area contributed by atoms with Gasteiger partial charge in [0, 0.05) is 107 Å². The van der Waals surface area contributed by atoms with E-state index in [1.54, 1.807) is 91.8 Å². The summed E-state index contributed by atoms with van der Waals surface area (Å²) in [6.45, 7) is 7.62. The molecule has 0 radical (unpaired) electrons. The third-order valence-corrected chi connectivity index (χ3v) is 20.3. The third-order valence-electron chi connectivity index (χ3n) is 20.3. The first-order valence-electron chi connectivity index (χ1n) is 33.8. The molecule has 0 spiro atoms. The van der Waals surface area contributed by atoms with Gasteiger partial charge >= 0.3 is 5.97 Å². The van der Waals surface area contributed by atoms with Crippen LogP contribution in [-0.4, -0.2) is 94.4 Å². The van der Waals surface area contributed by atoms with Crippen LogP contribution in [0.15, 0.2) is 171 Å². The molecule has 97 heavy (non-hydrogen) atoms. The van der Waals surface area contributed by atoms with Crippen molar-refractivity contribution < 1.29 is 46.9 Å². The van der Waals surface area contributed by atoms with Gasteiger partial charge in [0.2, 0.25) is 11.8 Å². The van der Waals surface area contributed by atoms with Gasteiger partial charge in [0.05, 0.1) is 37.8 Å². The number of carboxylic acids is 1. The number of carbonyl (C=O) groups is 3. The lowest BCUT2D eigenvalue weighted by Gasteiger charge is -2.36. The zero-order valence-electron chi connectivity index (χ0n) is 54.7. The van der Waals surface area contributed by atoms with Gasteiger partial charge in [0.25, 0.3) is 0 Å². The van der Waals surface area contributed by atoms with Crippen LogP contribution < -0.4 is 19.5 Å². The Morgan fingerprint density at radius 3 is 1.27 bits per heavy atom. The molecular formula is C78H80F3N9O7. The van der Waals surface area contributed by atoms with Crippen molar-refractivity contribution in [3.8, 4) is 51.7 Å². The number of ether oxygens (including phenoxy) is 3.